The zero-order chi connectivity index (χ0) is 16.9. The Labute approximate surface area is 142 Å². The summed E-state index contributed by atoms with van der Waals surface area (Å²) in [5.74, 6) is 0.823. The maximum Gasteiger partial charge on any atom is 0.254 e. The minimum atomic E-state index is 0.138. The van der Waals surface area contributed by atoms with Crippen molar-refractivity contribution in [3.63, 3.8) is 0 Å². The van der Waals surface area contributed by atoms with Gasteiger partial charge in [-0.3, -0.25) is 4.79 Å². The van der Waals surface area contributed by atoms with Crippen LogP contribution in [0.25, 0.3) is 5.69 Å². The van der Waals surface area contributed by atoms with Crippen LogP contribution in [0.2, 0.25) is 0 Å². The summed E-state index contributed by atoms with van der Waals surface area (Å²) in [5, 5.41) is 7.53. The Morgan fingerprint density at radius 1 is 1.33 bits per heavy atom. The Balaban J connectivity index is 1.65. The van der Waals surface area contributed by atoms with E-state index in [0.29, 0.717) is 5.92 Å². The highest BCUT2D eigenvalue weighted by atomic mass is 16.2. The second-order valence-corrected chi connectivity index (χ2v) is 6.38. The fraction of sp³-hybridized carbons (Fsp3) is 0.500. The molecule has 0 unspecified atom stereocenters. The van der Waals surface area contributed by atoms with Gasteiger partial charge in [-0.15, -0.1) is 0 Å². The summed E-state index contributed by atoms with van der Waals surface area (Å²) < 4.78 is 1.70. The lowest BCUT2D eigenvalue weighted by Crippen LogP contribution is -2.41. The maximum absolute atomic E-state index is 12.8. The Hall–Kier alpha value is -2.21. The van der Waals surface area contributed by atoms with Crippen molar-refractivity contribution >= 4 is 5.91 Å². The molecule has 2 aromatic rings. The summed E-state index contributed by atoms with van der Waals surface area (Å²) in [5.41, 5.74) is 2.68. The fourth-order valence-electron chi connectivity index (χ4n) is 3.23. The van der Waals surface area contributed by atoms with E-state index in [1.165, 1.54) is 6.33 Å². The van der Waals surface area contributed by atoms with Crippen LogP contribution < -0.4 is 5.32 Å². The van der Waals surface area contributed by atoms with Crippen molar-refractivity contribution in [3.05, 3.63) is 42.0 Å². The molecule has 1 saturated heterocycles. The summed E-state index contributed by atoms with van der Waals surface area (Å²) >= 11 is 0. The van der Waals surface area contributed by atoms with E-state index in [0.717, 1.165) is 55.8 Å². The van der Waals surface area contributed by atoms with Gasteiger partial charge in [0.25, 0.3) is 5.91 Å². The van der Waals surface area contributed by atoms with Crippen LogP contribution in [-0.2, 0) is 0 Å². The summed E-state index contributed by atoms with van der Waals surface area (Å²) in [4.78, 5) is 18.8. The largest absolute Gasteiger partial charge is 0.339 e. The van der Waals surface area contributed by atoms with Crippen LogP contribution >= 0.6 is 0 Å². The van der Waals surface area contributed by atoms with Gasteiger partial charge < -0.3 is 10.2 Å². The summed E-state index contributed by atoms with van der Waals surface area (Å²) in [7, 11) is 0. The van der Waals surface area contributed by atoms with Crippen LogP contribution in [0.4, 0.5) is 0 Å². The smallest absolute Gasteiger partial charge is 0.254 e. The molecule has 6 heteroatoms. The average molecular weight is 327 g/mol. The lowest BCUT2D eigenvalue weighted by Gasteiger charge is -2.32. The van der Waals surface area contributed by atoms with Crippen LogP contribution in [-0.4, -0.2) is 51.8 Å². The van der Waals surface area contributed by atoms with Crippen molar-refractivity contribution in [2.45, 2.75) is 26.7 Å². The monoisotopic (exact) mass is 327 g/mol. The van der Waals surface area contributed by atoms with Crippen LogP contribution in [0.5, 0.6) is 0 Å². The summed E-state index contributed by atoms with van der Waals surface area (Å²) in [6.45, 7) is 7.87. The van der Waals surface area contributed by atoms with Crippen molar-refractivity contribution < 1.29 is 4.79 Å². The zero-order valence-corrected chi connectivity index (χ0v) is 14.4. The highest BCUT2D eigenvalue weighted by Gasteiger charge is 2.24. The third-order valence-electron chi connectivity index (χ3n) is 4.71. The average Bonchev–Trinajstić information content (AvgIpc) is 3.14. The lowest BCUT2D eigenvalue weighted by molar-refractivity contribution is 0.0689. The SMILES string of the molecule is CCNCC1CCN(C(=O)c2ccc(-n3cncn3)cc2C)CC1. The molecule has 1 aliphatic rings. The number of aryl methyl sites for hydroxylation is 1. The molecule has 0 radical (unpaired) electrons. The van der Waals surface area contributed by atoms with Crippen LogP contribution in [0.1, 0.15) is 35.7 Å². The molecule has 6 nitrogen and oxygen atoms in total. The van der Waals surface area contributed by atoms with Gasteiger partial charge in [0.15, 0.2) is 0 Å². The molecule has 0 spiro atoms. The molecule has 1 fully saturated rings. The van der Waals surface area contributed by atoms with E-state index in [4.69, 9.17) is 0 Å². The van der Waals surface area contributed by atoms with Crippen molar-refractivity contribution in [2.75, 3.05) is 26.2 Å². The number of hydrogen-bond donors (Lipinski definition) is 1. The van der Waals surface area contributed by atoms with Crippen LogP contribution in [0, 0.1) is 12.8 Å². The number of nitrogens with one attached hydrogen (secondary N) is 1. The van der Waals surface area contributed by atoms with Crippen molar-refractivity contribution in [1.82, 2.24) is 25.0 Å². The highest BCUT2D eigenvalue weighted by molar-refractivity contribution is 5.96. The third kappa shape index (κ3) is 3.64. The quantitative estimate of drug-likeness (QED) is 0.913. The highest BCUT2D eigenvalue weighted by Crippen LogP contribution is 2.21. The molecule has 1 aliphatic heterocycles. The molecule has 1 aromatic heterocycles. The Bertz CT molecular complexity index is 675. The molecule has 128 valence electrons. The molecular weight excluding hydrogens is 302 g/mol. The standard InChI is InChI=1S/C18H25N5O/c1-3-19-11-15-6-8-22(9-7-15)18(24)17-5-4-16(10-14(17)2)23-13-20-12-21-23/h4-5,10,12-13,15,19H,3,6-9,11H2,1-2H3. The zero-order valence-electron chi connectivity index (χ0n) is 14.4. The number of likely N-dealkylation sites (tertiary alicyclic amines) is 1. The molecule has 0 aliphatic carbocycles. The van der Waals surface area contributed by atoms with Gasteiger partial charge in [0.05, 0.1) is 5.69 Å². The fourth-order valence-corrected chi connectivity index (χ4v) is 3.23. The topological polar surface area (TPSA) is 63.1 Å². The van der Waals surface area contributed by atoms with Crippen molar-refractivity contribution in [3.8, 4) is 5.69 Å². The normalized spacial score (nSPS) is 15.7. The molecule has 0 bridgehead atoms. The number of rotatable bonds is 5. The predicted molar refractivity (Wildman–Crippen MR) is 93.3 cm³/mol. The molecule has 2 heterocycles. The van der Waals surface area contributed by atoms with Gasteiger partial charge in [0.1, 0.15) is 12.7 Å². The van der Waals surface area contributed by atoms with Gasteiger partial charge in [0.2, 0.25) is 0 Å². The van der Waals surface area contributed by atoms with E-state index in [1.807, 2.05) is 30.0 Å². The molecule has 3 rings (SSSR count). The summed E-state index contributed by atoms with van der Waals surface area (Å²) in [6, 6.07) is 5.81. The maximum atomic E-state index is 12.8. The molecule has 0 atom stereocenters. The van der Waals surface area contributed by atoms with Crippen LogP contribution in [0.15, 0.2) is 30.9 Å². The van der Waals surface area contributed by atoms with Gasteiger partial charge >= 0.3 is 0 Å². The van der Waals surface area contributed by atoms with Gasteiger partial charge in [-0.25, -0.2) is 9.67 Å². The molecule has 0 saturated carbocycles. The molecule has 1 amide bonds. The Morgan fingerprint density at radius 3 is 2.75 bits per heavy atom. The number of nitrogens with zero attached hydrogens (tertiary/aromatic N) is 4. The van der Waals surface area contributed by atoms with E-state index in [1.54, 1.807) is 11.0 Å². The first-order chi connectivity index (χ1) is 11.7. The molecule has 1 aromatic carbocycles. The minimum absolute atomic E-state index is 0.138. The van der Waals surface area contributed by atoms with E-state index in [-0.39, 0.29) is 5.91 Å². The van der Waals surface area contributed by atoms with E-state index >= 15 is 0 Å². The first-order valence-corrected chi connectivity index (χ1v) is 8.64. The first-order valence-electron chi connectivity index (χ1n) is 8.64. The Morgan fingerprint density at radius 2 is 2.12 bits per heavy atom. The van der Waals surface area contributed by atoms with Gasteiger partial charge in [-0.2, -0.15) is 5.10 Å². The first kappa shape index (κ1) is 16.6. The molecule has 1 N–H and O–H groups in total. The molecule has 24 heavy (non-hydrogen) atoms. The van der Waals surface area contributed by atoms with Gasteiger partial charge in [-0.1, -0.05) is 6.92 Å². The van der Waals surface area contributed by atoms with Crippen molar-refractivity contribution in [2.24, 2.45) is 5.92 Å². The van der Waals surface area contributed by atoms with Crippen molar-refractivity contribution in [1.29, 1.82) is 0 Å². The number of carbonyl (C=O) groups is 1. The minimum Gasteiger partial charge on any atom is -0.339 e. The molecular formula is C18H25N5O. The second kappa shape index (κ2) is 7.57. The van der Waals surface area contributed by atoms with Gasteiger partial charge in [-0.05, 0) is 62.5 Å². The number of hydrogen-bond acceptors (Lipinski definition) is 4. The van der Waals surface area contributed by atoms with E-state index in [9.17, 15) is 4.79 Å². The number of carbonyl (C=O) groups excluding carboxylic acids is 1. The number of piperidine rings is 1. The number of amides is 1. The van der Waals surface area contributed by atoms with Crippen LogP contribution in [0.3, 0.4) is 0 Å². The van der Waals surface area contributed by atoms with E-state index < -0.39 is 0 Å². The lowest BCUT2D eigenvalue weighted by atomic mass is 9.95. The third-order valence-corrected chi connectivity index (χ3v) is 4.71. The van der Waals surface area contributed by atoms with Gasteiger partial charge in [0, 0.05) is 18.7 Å². The second-order valence-electron chi connectivity index (χ2n) is 6.38. The number of aromatic nitrogens is 3. The van der Waals surface area contributed by atoms with E-state index in [2.05, 4.69) is 22.3 Å². The number of benzene rings is 1. The predicted octanol–water partition coefficient (Wildman–Crippen LogP) is 2.04. The Kier molecular flexibility index (Phi) is 5.25. The summed E-state index contributed by atoms with van der Waals surface area (Å²) in [6.07, 6.45) is 5.32.